The van der Waals surface area contributed by atoms with Gasteiger partial charge in [-0.25, -0.2) is 0 Å². The quantitative estimate of drug-likeness (QED) is 0.868. The Morgan fingerprint density at radius 3 is 2.63 bits per heavy atom. The number of carbonyl (C=O) groups excluding carboxylic acids is 1. The largest absolute Gasteiger partial charge is 0.493 e. The lowest BCUT2D eigenvalue weighted by Crippen LogP contribution is -2.34. The van der Waals surface area contributed by atoms with Crippen molar-refractivity contribution in [2.75, 3.05) is 20.8 Å². The number of hydrogen-bond donors (Lipinski definition) is 1. The fraction of sp³-hybridized carbons (Fsp3) is 0.500. The van der Waals surface area contributed by atoms with Crippen molar-refractivity contribution in [2.24, 2.45) is 0 Å². The first kappa shape index (κ1) is 13.7. The van der Waals surface area contributed by atoms with Crippen molar-refractivity contribution in [3.05, 3.63) is 23.8 Å². The first-order valence-corrected chi connectivity index (χ1v) is 6.34. The van der Waals surface area contributed by atoms with Crippen molar-refractivity contribution in [3.8, 4) is 11.5 Å². The zero-order valence-electron chi connectivity index (χ0n) is 11.3. The van der Waals surface area contributed by atoms with Crippen LogP contribution < -0.4 is 9.47 Å². The molecule has 0 bridgehead atoms. The van der Waals surface area contributed by atoms with Crippen molar-refractivity contribution in [1.82, 2.24) is 4.90 Å². The van der Waals surface area contributed by atoms with Gasteiger partial charge in [0.25, 0.3) is 0 Å². The number of methoxy groups -OCH3 is 2. The van der Waals surface area contributed by atoms with Crippen LogP contribution >= 0.6 is 0 Å². The lowest BCUT2D eigenvalue weighted by atomic mass is 10.1. The first-order chi connectivity index (χ1) is 9.15. The lowest BCUT2D eigenvalue weighted by molar-refractivity contribution is -0.133. The Balaban J connectivity index is 2.01. The van der Waals surface area contributed by atoms with E-state index >= 15 is 0 Å². The van der Waals surface area contributed by atoms with Gasteiger partial charge in [0, 0.05) is 19.4 Å². The van der Waals surface area contributed by atoms with Gasteiger partial charge >= 0.3 is 0 Å². The van der Waals surface area contributed by atoms with E-state index in [4.69, 9.17) is 9.47 Å². The highest BCUT2D eigenvalue weighted by molar-refractivity contribution is 5.78. The molecule has 1 aromatic carbocycles. The molecule has 0 aliphatic carbocycles. The average molecular weight is 265 g/mol. The SMILES string of the molecule is COc1ccc(CCN2C(=O)CC[C@H]2O)cc1OC. The summed E-state index contributed by atoms with van der Waals surface area (Å²) in [4.78, 5) is 13.1. The number of hydrogen-bond acceptors (Lipinski definition) is 4. The molecule has 5 heteroatoms. The van der Waals surface area contributed by atoms with Crippen LogP contribution in [-0.4, -0.2) is 42.9 Å². The van der Waals surface area contributed by atoms with Crippen LogP contribution in [0.1, 0.15) is 18.4 Å². The van der Waals surface area contributed by atoms with Crippen molar-refractivity contribution >= 4 is 5.91 Å². The summed E-state index contributed by atoms with van der Waals surface area (Å²) in [6.07, 6.45) is 1.02. The fourth-order valence-electron chi connectivity index (χ4n) is 2.28. The Hall–Kier alpha value is -1.75. The normalized spacial score (nSPS) is 18.8. The minimum atomic E-state index is -0.632. The van der Waals surface area contributed by atoms with Gasteiger partial charge < -0.3 is 19.5 Å². The van der Waals surface area contributed by atoms with Gasteiger partial charge in [0.2, 0.25) is 5.91 Å². The minimum absolute atomic E-state index is 0.0213. The molecule has 1 aliphatic rings. The summed E-state index contributed by atoms with van der Waals surface area (Å²) in [5.74, 6) is 1.38. The molecule has 1 atom stereocenters. The number of ether oxygens (including phenoxy) is 2. The second-order valence-electron chi connectivity index (χ2n) is 4.55. The number of nitrogens with zero attached hydrogens (tertiary/aromatic N) is 1. The first-order valence-electron chi connectivity index (χ1n) is 6.34. The standard InChI is InChI=1S/C14H19NO4/c1-18-11-4-3-10(9-12(11)19-2)7-8-15-13(16)5-6-14(15)17/h3-4,9,13,16H,5-8H2,1-2H3/t13-/m1/s1. The summed E-state index contributed by atoms with van der Waals surface area (Å²) in [6, 6.07) is 5.68. The molecule has 0 saturated carbocycles. The van der Waals surface area contributed by atoms with Gasteiger partial charge in [-0.15, -0.1) is 0 Å². The number of rotatable bonds is 5. The molecule has 1 aliphatic heterocycles. The Labute approximate surface area is 112 Å². The van der Waals surface area contributed by atoms with E-state index in [-0.39, 0.29) is 5.91 Å². The third-order valence-electron chi connectivity index (χ3n) is 3.39. The number of amides is 1. The summed E-state index contributed by atoms with van der Waals surface area (Å²) in [5, 5.41) is 9.68. The summed E-state index contributed by atoms with van der Waals surface area (Å²) in [5.41, 5.74) is 1.05. The highest BCUT2D eigenvalue weighted by Crippen LogP contribution is 2.28. The summed E-state index contributed by atoms with van der Waals surface area (Å²) >= 11 is 0. The van der Waals surface area contributed by atoms with Crippen LogP contribution in [0.15, 0.2) is 18.2 Å². The summed E-state index contributed by atoms with van der Waals surface area (Å²) < 4.78 is 10.4. The van der Waals surface area contributed by atoms with E-state index in [9.17, 15) is 9.90 Å². The number of aliphatic hydroxyl groups is 1. The summed E-state index contributed by atoms with van der Waals surface area (Å²) in [7, 11) is 3.19. The van der Waals surface area contributed by atoms with Crippen molar-refractivity contribution in [1.29, 1.82) is 0 Å². The maximum atomic E-state index is 11.6. The predicted octanol–water partition coefficient (Wildman–Crippen LogP) is 1.19. The molecule has 1 fully saturated rings. The zero-order valence-corrected chi connectivity index (χ0v) is 11.3. The van der Waals surface area contributed by atoms with Crippen LogP contribution in [0, 0.1) is 0 Å². The van der Waals surface area contributed by atoms with Gasteiger partial charge in [0.1, 0.15) is 6.23 Å². The third kappa shape index (κ3) is 2.98. The van der Waals surface area contributed by atoms with Crippen LogP contribution in [0.25, 0.3) is 0 Å². The van der Waals surface area contributed by atoms with Gasteiger partial charge in [-0.05, 0) is 24.1 Å². The minimum Gasteiger partial charge on any atom is -0.493 e. The molecular formula is C14H19NO4. The predicted molar refractivity (Wildman–Crippen MR) is 70.2 cm³/mol. The van der Waals surface area contributed by atoms with Crippen LogP contribution in [0.4, 0.5) is 0 Å². The van der Waals surface area contributed by atoms with Gasteiger partial charge in [-0.1, -0.05) is 6.07 Å². The molecule has 0 radical (unpaired) electrons. The van der Waals surface area contributed by atoms with Crippen LogP contribution in [-0.2, 0) is 11.2 Å². The Morgan fingerprint density at radius 2 is 2.05 bits per heavy atom. The van der Waals surface area contributed by atoms with E-state index in [0.717, 1.165) is 5.56 Å². The third-order valence-corrected chi connectivity index (χ3v) is 3.39. The van der Waals surface area contributed by atoms with Crippen molar-refractivity contribution < 1.29 is 19.4 Å². The van der Waals surface area contributed by atoms with Crippen LogP contribution in [0.3, 0.4) is 0 Å². The number of aliphatic hydroxyl groups excluding tert-OH is 1. The Bertz CT molecular complexity index is 461. The topological polar surface area (TPSA) is 59.0 Å². The second-order valence-corrected chi connectivity index (χ2v) is 4.55. The smallest absolute Gasteiger partial charge is 0.224 e. The molecule has 1 heterocycles. The van der Waals surface area contributed by atoms with Crippen LogP contribution in [0.2, 0.25) is 0 Å². The van der Waals surface area contributed by atoms with E-state index in [1.165, 1.54) is 4.90 Å². The molecule has 0 unspecified atom stereocenters. The fourth-order valence-corrected chi connectivity index (χ4v) is 2.28. The van der Waals surface area contributed by atoms with Crippen molar-refractivity contribution in [2.45, 2.75) is 25.5 Å². The van der Waals surface area contributed by atoms with Gasteiger partial charge in [0.15, 0.2) is 11.5 Å². The molecule has 104 valence electrons. The Kier molecular flexibility index (Phi) is 4.27. The van der Waals surface area contributed by atoms with Gasteiger partial charge in [0.05, 0.1) is 14.2 Å². The molecule has 0 aromatic heterocycles. The van der Waals surface area contributed by atoms with E-state index in [1.807, 2.05) is 18.2 Å². The summed E-state index contributed by atoms with van der Waals surface area (Å²) in [6.45, 7) is 0.523. The van der Waals surface area contributed by atoms with Crippen molar-refractivity contribution in [3.63, 3.8) is 0 Å². The molecule has 19 heavy (non-hydrogen) atoms. The van der Waals surface area contributed by atoms with E-state index in [1.54, 1.807) is 14.2 Å². The van der Waals surface area contributed by atoms with Crippen LogP contribution in [0.5, 0.6) is 11.5 Å². The van der Waals surface area contributed by atoms with Gasteiger partial charge in [-0.3, -0.25) is 4.79 Å². The number of benzene rings is 1. The van der Waals surface area contributed by atoms with E-state index in [0.29, 0.717) is 37.3 Å². The maximum absolute atomic E-state index is 11.6. The monoisotopic (exact) mass is 265 g/mol. The number of likely N-dealkylation sites (tertiary alicyclic amines) is 1. The molecule has 0 spiro atoms. The van der Waals surface area contributed by atoms with E-state index < -0.39 is 6.23 Å². The maximum Gasteiger partial charge on any atom is 0.224 e. The average Bonchev–Trinajstić information content (AvgIpc) is 2.75. The highest BCUT2D eigenvalue weighted by atomic mass is 16.5. The Morgan fingerprint density at radius 1 is 1.32 bits per heavy atom. The molecular weight excluding hydrogens is 246 g/mol. The molecule has 1 N–H and O–H groups in total. The zero-order chi connectivity index (χ0) is 13.8. The molecule has 1 amide bonds. The molecule has 2 rings (SSSR count). The highest BCUT2D eigenvalue weighted by Gasteiger charge is 2.28. The van der Waals surface area contributed by atoms with Gasteiger partial charge in [-0.2, -0.15) is 0 Å². The molecule has 1 aromatic rings. The second kappa shape index (κ2) is 5.93. The molecule has 5 nitrogen and oxygen atoms in total. The lowest BCUT2D eigenvalue weighted by Gasteiger charge is -2.20. The number of carbonyl (C=O) groups is 1. The molecule has 1 saturated heterocycles. The van der Waals surface area contributed by atoms with E-state index in [2.05, 4.69) is 0 Å².